The Morgan fingerprint density at radius 2 is 1.56 bits per heavy atom. The van der Waals surface area contributed by atoms with Gasteiger partial charge in [-0.05, 0) is 40.0 Å². The second-order valence-electron chi connectivity index (χ2n) is 10.3. The van der Waals surface area contributed by atoms with E-state index < -0.39 is 5.91 Å². The third kappa shape index (κ3) is 7.70. The molecule has 32 heavy (non-hydrogen) atoms. The van der Waals surface area contributed by atoms with E-state index in [1.54, 1.807) is 4.90 Å². The number of primary amides is 1. The first kappa shape index (κ1) is 25.4. The molecule has 0 aliphatic heterocycles. The van der Waals surface area contributed by atoms with E-state index in [1.165, 1.54) is 5.56 Å². The molecule has 0 spiro atoms. The van der Waals surface area contributed by atoms with Crippen molar-refractivity contribution in [3.8, 4) is 5.75 Å². The molecule has 2 aromatic rings. The number of hydrogen-bond acceptors (Lipinski definition) is 3. The van der Waals surface area contributed by atoms with Gasteiger partial charge in [0.05, 0.1) is 0 Å². The Kier molecular flexibility index (Phi) is 8.48. The lowest BCUT2D eigenvalue weighted by Crippen LogP contribution is -2.38. The van der Waals surface area contributed by atoms with Gasteiger partial charge >= 0.3 is 0 Å². The van der Waals surface area contributed by atoms with Crippen LogP contribution in [0.15, 0.2) is 48.5 Å². The number of carbonyl (C=O) groups is 2. The standard InChI is InChI=1S/C27H38N2O3/c1-26(2,3)21-12-13-23(22(18-21)27(4,5)6)32-19-25(31)29(17-15-24(28)30)16-14-20-10-8-7-9-11-20/h7-13,18H,14-17,19H2,1-6H3,(H2,28,30). The van der Waals surface area contributed by atoms with Crippen LogP contribution in [0.5, 0.6) is 5.75 Å². The predicted octanol–water partition coefficient (Wildman–Crippen LogP) is 4.61. The summed E-state index contributed by atoms with van der Waals surface area (Å²) < 4.78 is 6.03. The van der Waals surface area contributed by atoms with Crippen molar-refractivity contribution in [2.24, 2.45) is 5.73 Å². The maximum absolute atomic E-state index is 13.0. The molecule has 0 saturated heterocycles. The van der Waals surface area contributed by atoms with Crippen molar-refractivity contribution in [2.75, 3.05) is 19.7 Å². The zero-order chi connectivity index (χ0) is 23.9. The summed E-state index contributed by atoms with van der Waals surface area (Å²) in [5.74, 6) is 0.148. The molecule has 0 aliphatic carbocycles. The molecule has 0 radical (unpaired) electrons. The van der Waals surface area contributed by atoms with Crippen LogP contribution in [-0.4, -0.2) is 36.4 Å². The van der Waals surface area contributed by atoms with Crippen LogP contribution in [0.3, 0.4) is 0 Å². The van der Waals surface area contributed by atoms with Crippen molar-refractivity contribution < 1.29 is 14.3 Å². The van der Waals surface area contributed by atoms with Crippen molar-refractivity contribution in [1.29, 1.82) is 0 Å². The number of carbonyl (C=O) groups excluding carboxylic acids is 2. The molecule has 0 atom stereocenters. The molecule has 2 amide bonds. The molecule has 0 aliphatic rings. The highest BCUT2D eigenvalue weighted by atomic mass is 16.5. The summed E-state index contributed by atoms with van der Waals surface area (Å²) >= 11 is 0. The van der Waals surface area contributed by atoms with Gasteiger partial charge in [0.25, 0.3) is 5.91 Å². The number of hydrogen-bond donors (Lipinski definition) is 1. The lowest BCUT2D eigenvalue weighted by Gasteiger charge is -2.28. The Balaban J connectivity index is 2.14. The summed E-state index contributed by atoms with van der Waals surface area (Å²) in [4.78, 5) is 26.0. The van der Waals surface area contributed by atoms with Gasteiger partial charge in [-0.3, -0.25) is 9.59 Å². The van der Waals surface area contributed by atoms with E-state index in [4.69, 9.17) is 10.5 Å². The fraction of sp³-hybridized carbons (Fsp3) is 0.481. The third-order valence-electron chi connectivity index (χ3n) is 5.50. The number of benzene rings is 2. The van der Waals surface area contributed by atoms with E-state index in [2.05, 4.69) is 53.7 Å². The van der Waals surface area contributed by atoms with Crippen LogP contribution in [0.2, 0.25) is 0 Å². The lowest BCUT2D eigenvalue weighted by molar-refractivity contribution is -0.133. The molecule has 5 nitrogen and oxygen atoms in total. The SMILES string of the molecule is CC(C)(C)c1ccc(OCC(=O)N(CCC(N)=O)CCc2ccccc2)c(C(C)(C)C)c1. The van der Waals surface area contributed by atoms with Crippen molar-refractivity contribution in [1.82, 2.24) is 4.90 Å². The molecule has 2 rings (SSSR count). The monoisotopic (exact) mass is 438 g/mol. The van der Waals surface area contributed by atoms with Gasteiger partial charge in [-0.15, -0.1) is 0 Å². The molecule has 5 heteroatoms. The van der Waals surface area contributed by atoms with E-state index in [0.29, 0.717) is 19.5 Å². The van der Waals surface area contributed by atoms with Crippen LogP contribution >= 0.6 is 0 Å². The van der Waals surface area contributed by atoms with E-state index in [0.717, 1.165) is 16.9 Å². The highest BCUT2D eigenvalue weighted by Crippen LogP contribution is 2.35. The van der Waals surface area contributed by atoms with Crippen molar-refractivity contribution in [2.45, 2.75) is 65.2 Å². The highest BCUT2D eigenvalue weighted by molar-refractivity contribution is 5.79. The normalized spacial score (nSPS) is 11.8. The second-order valence-corrected chi connectivity index (χ2v) is 10.3. The summed E-state index contributed by atoms with van der Waals surface area (Å²) in [5.41, 5.74) is 8.66. The topological polar surface area (TPSA) is 72.6 Å². The first-order valence-electron chi connectivity index (χ1n) is 11.3. The Morgan fingerprint density at radius 1 is 0.906 bits per heavy atom. The van der Waals surface area contributed by atoms with E-state index in [-0.39, 0.29) is 29.8 Å². The molecular weight excluding hydrogens is 400 g/mol. The fourth-order valence-electron chi connectivity index (χ4n) is 3.45. The van der Waals surface area contributed by atoms with Crippen molar-refractivity contribution in [3.05, 3.63) is 65.2 Å². The number of ether oxygens (including phenoxy) is 1. The fourth-order valence-corrected chi connectivity index (χ4v) is 3.45. The molecule has 2 aromatic carbocycles. The van der Waals surface area contributed by atoms with Gasteiger partial charge < -0.3 is 15.4 Å². The Bertz CT molecular complexity index is 909. The maximum atomic E-state index is 13.0. The number of nitrogens with zero attached hydrogens (tertiary/aromatic N) is 1. The minimum absolute atomic E-state index is 0.0251. The molecule has 0 bridgehead atoms. The molecule has 0 heterocycles. The van der Waals surface area contributed by atoms with Crippen LogP contribution in [-0.2, 0) is 26.8 Å². The quantitative estimate of drug-likeness (QED) is 0.621. The summed E-state index contributed by atoms with van der Waals surface area (Å²) in [5, 5.41) is 0. The van der Waals surface area contributed by atoms with Gasteiger partial charge in [0.1, 0.15) is 5.75 Å². The van der Waals surface area contributed by atoms with E-state index in [1.807, 2.05) is 36.4 Å². The minimum atomic E-state index is -0.420. The summed E-state index contributed by atoms with van der Waals surface area (Å²) in [7, 11) is 0. The zero-order valence-electron chi connectivity index (χ0n) is 20.4. The molecule has 0 saturated carbocycles. The van der Waals surface area contributed by atoms with Crippen LogP contribution in [0.25, 0.3) is 0 Å². The maximum Gasteiger partial charge on any atom is 0.260 e. The average Bonchev–Trinajstić information content (AvgIpc) is 2.71. The molecule has 2 N–H and O–H groups in total. The second kappa shape index (κ2) is 10.7. The smallest absolute Gasteiger partial charge is 0.260 e. The van der Waals surface area contributed by atoms with Crippen LogP contribution in [0, 0.1) is 0 Å². The Hall–Kier alpha value is -2.82. The van der Waals surface area contributed by atoms with Crippen LogP contribution in [0.1, 0.15) is 64.7 Å². The first-order chi connectivity index (χ1) is 14.9. The Labute approximate surface area is 192 Å². The molecule has 0 aromatic heterocycles. The van der Waals surface area contributed by atoms with Gasteiger partial charge in [0, 0.05) is 19.5 Å². The van der Waals surface area contributed by atoms with E-state index in [9.17, 15) is 9.59 Å². The predicted molar refractivity (Wildman–Crippen MR) is 130 cm³/mol. The van der Waals surface area contributed by atoms with Crippen molar-refractivity contribution in [3.63, 3.8) is 0 Å². The van der Waals surface area contributed by atoms with Gasteiger partial charge in [-0.2, -0.15) is 0 Å². The number of amides is 2. The summed E-state index contributed by atoms with van der Waals surface area (Å²) in [6.07, 6.45) is 0.840. The van der Waals surface area contributed by atoms with Gasteiger partial charge in [-0.1, -0.05) is 84.0 Å². The summed E-state index contributed by atoms with van der Waals surface area (Å²) in [6.45, 7) is 13.7. The molecule has 0 unspecified atom stereocenters. The lowest BCUT2D eigenvalue weighted by atomic mass is 9.80. The largest absolute Gasteiger partial charge is 0.483 e. The van der Waals surface area contributed by atoms with Crippen LogP contribution in [0.4, 0.5) is 0 Å². The highest BCUT2D eigenvalue weighted by Gasteiger charge is 2.24. The number of rotatable bonds is 9. The van der Waals surface area contributed by atoms with Gasteiger partial charge in [0.2, 0.25) is 5.91 Å². The summed E-state index contributed by atoms with van der Waals surface area (Å²) in [6, 6.07) is 16.2. The first-order valence-corrected chi connectivity index (χ1v) is 11.3. The minimum Gasteiger partial charge on any atom is -0.483 e. The zero-order valence-corrected chi connectivity index (χ0v) is 20.4. The molecule has 174 valence electrons. The molecular formula is C27H38N2O3. The third-order valence-corrected chi connectivity index (χ3v) is 5.50. The molecule has 0 fully saturated rings. The van der Waals surface area contributed by atoms with Gasteiger partial charge in [0.15, 0.2) is 6.61 Å². The van der Waals surface area contributed by atoms with Crippen LogP contribution < -0.4 is 10.5 Å². The van der Waals surface area contributed by atoms with Gasteiger partial charge in [-0.25, -0.2) is 0 Å². The van der Waals surface area contributed by atoms with Crippen molar-refractivity contribution >= 4 is 11.8 Å². The van der Waals surface area contributed by atoms with E-state index >= 15 is 0 Å². The Morgan fingerprint density at radius 3 is 2.12 bits per heavy atom. The number of nitrogens with two attached hydrogens (primary N) is 1. The average molecular weight is 439 g/mol.